The standard InChI is InChI=1S/C8H14O3/c1-8(2)5(4-11-3)6(8)7(9)10/h5-6H,4H2,1-3H3,(H,9,10). The second kappa shape index (κ2) is 2.48. The number of aliphatic carboxylic acids is 1. The molecule has 64 valence electrons. The van der Waals surface area contributed by atoms with Gasteiger partial charge in [-0.05, 0) is 5.41 Å². The molecule has 0 aromatic carbocycles. The van der Waals surface area contributed by atoms with Crippen molar-refractivity contribution in [1.29, 1.82) is 0 Å². The minimum atomic E-state index is -0.697. The quantitative estimate of drug-likeness (QED) is 0.666. The van der Waals surface area contributed by atoms with E-state index in [1.165, 1.54) is 0 Å². The first kappa shape index (κ1) is 8.53. The Kier molecular flexibility index (Phi) is 1.92. The highest BCUT2D eigenvalue weighted by Gasteiger charge is 2.61. The van der Waals surface area contributed by atoms with Gasteiger partial charge < -0.3 is 9.84 Å². The van der Waals surface area contributed by atoms with Gasteiger partial charge in [0.15, 0.2) is 0 Å². The van der Waals surface area contributed by atoms with Crippen molar-refractivity contribution in [3.05, 3.63) is 0 Å². The van der Waals surface area contributed by atoms with Crippen molar-refractivity contribution in [3.8, 4) is 0 Å². The lowest BCUT2D eigenvalue weighted by atomic mass is 10.1. The van der Waals surface area contributed by atoms with Gasteiger partial charge in [0.05, 0.1) is 12.5 Å². The fourth-order valence-electron chi connectivity index (χ4n) is 1.73. The van der Waals surface area contributed by atoms with E-state index in [1.54, 1.807) is 7.11 Å². The van der Waals surface area contributed by atoms with E-state index in [0.29, 0.717) is 6.61 Å². The summed E-state index contributed by atoms with van der Waals surface area (Å²) < 4.78 is 4.92. The highest BCUT2D eigenvalue weighted by molar-refractivity contribution is 5.75. The van der Waals surface area contributed by atoms with Gasteiger partial charge in [-0.3, -0.25) is 4.79 Å². The zero-order valence-corrected chi connectivity index (χ0v) is 7.13. The van der Waals surface area contributed by atoms with Crippen molar-refractivity contribution in [1.82, 2.24) is 0 Å². The molecule has 0 aromatic heterocycles. The number of carboxylic acid groups (broad SMARTS) is 1. The second-order valence-electron chi connectivity index (χ2n) is 3.70. The third-order valence-electron chi connectivity index (χ3n) is 2.66. The third kappa shape index (κ3) is 1.25. The molecule has 11 heavy (non-hydrogen) atoms. The van der Waals surface area contributed by atoms with Crippen molar-refractivity contribution in [3.63, 3.8) is 0 Å². The molecule has 0 spiro atoms. The zero-order chi connectivity index (χ0) is 8.65. The molecule has 0 aliphatic heterocycles. The number of methoxy groups -OCH3 is 1. The van der Waals surface area contributed by atoms with Crippen LogP contribution in [-0.2, 0) is 9.53 Å². The monoisotopic (exact) mass is 158 g/mol. The zero-order valence-electron chi connectivity index (χ0n) is 7.13. The van der Waals surface area contributed by atoms with Crippen LogP contribution in [0.4, 0.5) is 0 Å². The van der Waals surface area contributed by atoms with Crippen molar-refractivity contribution in [2.75, 3.05) is 13.7 Å². The molecule has 0 bridgehead atoms. The average molecular weight is 158 g/mol. The lowest BCUT2D eigenvalue weighted by Gasteiger charge is -1.98. The molecule has 0 heterocycles. The molecule has 1 fully saturated rings. The minimum Gasteiger partial charge on any atom is -0.481 e. The van der Waals surface area contributed by atoms with Crippen LogP contribution in [0, 0.1) is 17.3 Å². The molecule has 1 N–H and O–H groups in total. The predicted molar refractivity (Wildman–Crippen MR) is 40.3 cm³/mol. The summed E-state index contributed by atoms with van der Waals surface area (Å²) in [6.07, 6.45) is 0. The molecule has 1 rings (SSSR count). The first-order chi connectivity index (χ1) is 5.01. The van der Waals surface area contributed by atoms with E-state index in [4.69, 9.17) is 9.84 Å². The van der Waals surface area contributed by atoms with Gasteiger partial charge >= 0.3 is 5.97 Å². The normalized spacial score (nSPS) is 33.4. The maximum atomic E-state index is 10.6. The van der Waals surface area contributed by atoms with E-state index in [0.717, 1.165) is 0 Å². The average Bonchev–Trinajstić information content (AvgIpc) is 2.35. The Balaban J connectivity index is 2.53. The van der Waals surface area contributed by atoms with Crippen molar-refractivity contribution >= 4 is 5.97 Å². The lowest BCUT2D eigenvalue weighted by molar-refractivity contribution is -0.139. The van der Waals surface area contributed by atoms with Crippen LogP contribution in [0.5, 0.6) is 0 Å². The SMILES string of the molecule is COCC1C(C(=O)O)C1(C)C. The first-order valence-electron chi connectivity index (χ1n) is 3.73. The number of carbonyl (C=O) groups is 1. The van der Waals surface area contributed by atoms with Crippen LogP contribution >= 0.6 is 0 Å². The summed E-state index contributed by atoms with van der Waals surface area (Å²) >= 11 is 0. The van der Waals surface area contributed by atoms with Crippen molar-refractivity contribution < 1.29 is 14.6 Å². The Bertz CT molecular complexity index is 174. The Hall–Kier alpha value is -0.570. The molecule has 1 aliphatic rings. The third-order valence-corrected chi connectivity index (χ3v) is 2.66. The fraction of sp³-hybridized carbons (Fsp3) is 0.875. The fourth-order valence-corrected chi connectivity index (χ4v) is 1.73. The number of ether oxygens (including phenoxy) is 1. The molecule has 3 heteroatoms. The van der Waals surface area contributed by atoms with E-state index < -0.39 is 5.97 Å². The number of carboxylic acids is 1. The molecule has 0 amide bonds. The maximum absolute atomic E-state index is 10.6. The summed E-state index contributed by atoms with van der Waals surface area (Å²) in [5, 5.41) is 8.73. The Morgan fingerprint density at radius 1 is 1.64 bits per heavy atom. The van der Waals surface area contributed by atoms with Crippen LogP contribution in [0.25, 0.3) is 0 Å². The summed E-state index contributed by atoms with van der Waals surface area (Å²) in [5.74, 6) is -0.704. The van der Waals surface area contributed by atoms with Gasteiger partial charge in [-0.2, -0.15) is 0 Å². The van der Waals surface area contributed by atoms with E-state index in [-0.39, 0.29) is 17.3 Å². The maximum Gasteiger partial charge on any atom is 0.307 e. The van der Waals surface area contributed by atoms with E-state index in [9.17, 15) is 4.79 Å². The first-order valence-corrected chi connectivity index (χ1v) is 3.73. The summed E-state index contributed by atoms with van der Waals surface area (Å²) in [5.41, 5.74) is -0.0676. The highest BCUT2D eigenvalue weighted by Crippen LogP contribution is 2.58. The molecule has 1 aliphatic carbocycles. The molecule has 1 saturated carbocycles. The minimum absolute atomic E-state index is 0.0676. The highest BCUT2D eigenvalue weighted by atomic mass is 16.5. The molecule has 2 atom stereocenters. The Morgan fingerprint density at radius 2 is 2.18 bits per heavy atom. The lowest BCUT2D eigenvalue weighted by Crippen LogP contribution is -2.03. The summed E-state index contributed by atoms with van der Waals surface area (Å²) in [6.45, 7) is 4.49. The van der Waals surface area contributed by atoms with Gasteiger partial charge in [0, 0.05) is 13.0 Å². The Morgan fingerprint density at radius 3 is 2.45 bits per heavy atom. The Labute approximate surface area is 66.4 Å². The summed E-state index contributed by atoms with van der Waals surface area (Å²) in [7, 11) is 1.60. The van der Waals surface area contributed by atoms with Gasteiger partial charge in [0.1, 0.15) is 0 Å². The van der Waals surface area contributed by atoms with Crippen LogP contribution < -0.4 is 0 Å². The van der Waals surface area contributed by atoms with E-state index in [1.807, 2.05) is 13.8 Å². The van der Waals surface area contributed by atoms with Crippen molar-refractivity contribution in [2.24, 2.45) is 17.3 Å². The summed E-state index contributed by atoms with van der Waals surface area (Å²) in [4.78, 5) is 10.6. The molecule has 0 aromatic rings. The van der Waals surface area contributed by atoms with Crippen LogP contribution in [0.2, 0.25) is 0 Å². The topological polar surface area (TPSA) is 46.5 Å². The number of hydrogen-bond acceptors (Lipinski definition) is 2. The smallest absolute Gasteiger partial charge is 0.307 e. The van der Waals surface area contributed by atoms with E-state index >= 15 is 0 Å². The number of hydrogen-bond donors (Lipinski definition) is 1. The van der Waals surface area contributed by atoms with E-state index in [2.05, 4.69) is 0 Å². The van der Waals surface area contributed by atoms with Gasteiger partial charge in [0.25, 0.3) is 0 Å². The molecule has 3 nitrogen and oxygen atoms in total. The molecular formula is C8H14O3. The van der Waals surface area contributed by atoms with Gasteiger partial charge in [0.2, 0.25) is 0 Å². The van der Waals surface area contributed by atoms with Crippen LogP contribution in [-0.4, -0.2) is 24.8 Å². The number of rotatable bonds is 3. The summed E-state index contributed by atoms with van der Waals surface area (Å²) in [6, 6.07) is 0. The second-order valence-corrected chi connectivity index (χ2v) is 3.70. The largest absolute Gasteiger partial charge is 0.481 e. The molecular weight excluding hydrogens is 144 g/mol. The van der Waals surface area contributed by atoms with Gasteiger partial charge in [-0.25, -0.2) is 0 Å². The molecule has 0 saturated heterocycles. The predicted octanol–water partition coefficient (Wildman–Crippen LogP) is 0.990. The van der Waals surface area contributed by atoms with Crippen LogP contribution in [0.3, 0.4) is 0 Å². The van der Waals surface area contributed by atoms with Crippen LogP contribution in [0.15, 0.2) is 0 Å². The van der Waals surface area contributed by atoms with Gasteiger partial charge in [-0.1, -0.05) is 13.8 Å². The van der Waals surface area contributed by atoms with Crippen LogP contribution in [0.1, 0.15) is 13.8 Å². The van der Waals surface area contributed by atoms with Crippen molar-refractivity contribution in [2.45, 2.75) is 13.8 Å². The molecule has 0 radical (unpaired) electrons. The molecule has 2 unspecified atom stereocenters. The van der Waals surface area contributed by atoms with Gasteiger partial charge in [-0.15, -0.1) is 0 Å².